The minimum Gasteiger partial charge on any atom is -0.396 e. The molecule has 0 heterocycles. The lowest BCUT2D eigenvalue weighted by molar-refractivity contribution is 0.287. The van der Waals surface area contributed by atoms with Gasteiger partial charge in [-0.05, 0) is 31.7 Å². The summed E-state index contributed by atoms with van der Waals surface area (Å²) in [5.74, 6) is 0.921. The summed E-state index contributed by atoms with van der Waals surface area (Å²) in [6, 6.07) is 0.829. The number of aliphatic hydroxyl groups is 1. The highest BCUT2D eigenvalue weighted by atomic mass is 16.2. The predicted octanol–water partition coefficient (Wildman–Crippen LogP) is 2.56. The first kappa shape index (κ1) is 13.9. The predicted molar refractivity (Wildman–Crippen MR) is 62.5 cm³/mol. The summed E-state index contributed by atoms with van der Waals surface area (Å²) in [6.07, 6.45) is 6.29. The lowest BCUT2D eigenvalue weighted by Gasteiger charge is -2.14. The van der Waals surface area contributed by atoms with Crippen molar-refractivity contribution in [2.75, 3.05) is 13.2 Å². The Balaban J connectivity index is 0.000000292. The maximum atomic E-state index is 8.07. The molecule has 1 aliphatic rings. The average Bonchev–Trinajstić information content (AvgIpc) is 2.55. The van der Waals surface area contributed by atoms with Crippen LogP contribution < -0.4 is 5.32 Å². The fourth-order valence-corrected chi connectivity index (χ4v) is 1.87. The minimum atomic E-state index is 0.344. The van der Waals surface area contributed by atoms with E-state index in [-0.39, 0.29) is 0 Å². The summed E-state index contributed by atoms with van der Waals surface area (Å²) in [4.78, 5) is 0. The first-order valence-corrected chi connectivity index (χ1v) is 6.10. The van der Waals surface area contributed by atoms with E-state index in [4.69, 9.17) is 5.11 Å². The second-order valence-electron chi connectivity index (χ2n) is 4.15. The van der Waals surface area contributed by atoms with E-state index in [1.165, 1.54) is 19.3 Å². The van der Waals surface area contributed by atoms with E-state index in [1.54, 1.807) is 0 Å². The van der Waals surface area contributed by atoms with E-state index in [1.807, 2.05) is 0 Å². The molecule has 0 aliphatic heterocycles. The highest BCUT2D eigenvalue weighted by Gasteiger charge is 2.21. The van der Waals surface area contributed by atoms with Gasteiger partial charge in [0.05, 0.1) is 0 Å². The van der Waals surface area contributed by atoms with Crippen LogP contribution in [0.1, 0.15) is 52.9 Å². The Morgan fingerprint density at radius 3 is 2.29 bits per heavy atom. The van der Waals surface area contributed by atoms with Gasteiger partial charge in [0, 0.05) is 12.6 Å². The van der Waals surface area contributed by atoms with Crippen molar-refractivity contribution in [2.24, 2.45) is 5.92 Å². The third kappa shape index (κ3) is 6.39. The van der Waals surface area contributed by atoms with Crippen molar-refractivity contribution in [1.82, 2.24) is 5.32 Å². The number of hydrogen-bond acceptors (Lipinski definition) is 2. The Morgan fingerprint density at radius 2 is 2.00 bits per heavy atom. The van der Waals surface area contributed by atoms with Gasteiger partial charge in [0.25, 0.3) is 0 Å². The lowest BCUT2D eigenvalue weighted by atomic mass is 10.1. The van der Waals surface area contributed by atoms with E-state index in [0.717, 1.165) is 31.3 Å². The molecular weight excluding hydrogens is 174 g/mol. The van der Waals surface area contributed by atoms with Crippen molar-refractivity contribution >= 4 is 0 Å². The Morgan fingerprint density at radius 1 is 1.29 bits per heavy atom. The number of hydrogen-bond donors (Lipinski definition) is 2. The number of rotatable bonds is 4. The largest absolute Gasteiger partial charge is 0.396 e. The Kier molecular flexibility index (Phi) is 9.42. The van der Waals surface area contributed by atoms with Crippen LogP contribution in [0.25, 0.3) is 0 Å². The summed E-state index contributed by atoms with van der Waals surface area (Å²) in [6.45, 7) is 8.06. The van der Waals surface area contributed by atoms with E-state index in [0.29, 0.717) is 6.61 Å². The van der Waals surface area contributed by atoms with Crippen LogP contribution in [0, 0.1) is 5.92 Å². The molecule has 0 aromatic rings. The van der Waals surface area contributed by atoms with E-state index >= 15 is 0 Å². The molecule has 2 heteroatoms. The van der Waals surface area contributed by atoms with Gasteiger partial charge in [0.15, 0.2) is 0 Å². The maximum absolute atomic E-state index is 8.07. The highest BCUT2D eigenvalue weighted by Crippen LogP contribution is 2.24. The van der Waals surface area contributed by atoms with Gasteiger partial charge in [-0.3, -0.25) is 0 Å². The second kappa shape index (κ2) is 9.47. The molecule has 1 fully saturated rings. The van der Waals surface area contributed by atoms with Gasteiger partial charge in [-0.2, -0.15) is 0 Å². The third-order valence-electron chi connectivity index (χ3n) is 2.84. The van der Waals surface area contributed by atoms with E-state index in [9.17, 15) is 0 Å². The maximum Gasteiger partial charge on any atom is 0.0430 e. The van der Waals surface area contributed by atoms with Crippen molar-refractivity contribution in [3.05, 3.63) is 0 Å². The summed E-state index contributed by atoms with van der Waals surface area (Å²) < 4.78 is 0. The smallest absolute Gasteiger partial charge is 0.0430 e. The van der Waals surface area contributed by atoms with Gasteiger partial charge in [0.1, 0.15) is 0 Å². The molecule has 0 saturated heterocycles. The van der Waals surface area contributed by atoms with Gasteiger partial charge in [-0.1, -0.05) is 33.6 Å². The fraction of sp³-hybridized carbons (Fsp3) is 1.00. The highest BCUT2D eigenvalue weighted by molar-refractivity contribution is 4.79. The van der Waals surface area contributed by atoms with Crippen LogP contribution in [0.2, 0.25) is 0 Å². The van der Waals surface area contributed by atoms with E-state index < -0.39 is 0 Å². The van der Waals surface area contributed by atoms with Crippen LogP contribution in [-0.4, -0.2) is 24.3 Å². The van der Waals surface area contributed by atoms with Crippen LogP contribution in [0.15, 0.2) is 0 Å². The van der Waals surface area contributed by atoms with Crippen LogP contribution in [0.5, 0.6) is 0 Å². The second-order valence-corrected chi connectivity index (χ2v) is 4.15. The molecule has 2 atom stereocenters. The third-order valence-corrected chi connectivity index (χ3v) is 2.84. The number of aliphatic hydroxyl groups excluding tert-OH is 1. The standard InChI is InChI=1S/C8H17N.C4H10O/c1-3-9-8-6-4-5-7(8)2;1-2-3-4-5/h7-9H,3-6H2,1-2H3;5H,2-4H2,1H3. The number of nitrogens with one attached hydrogen (secondary N) is 1. The molecule has 0 amide bonds. The molecule has 14 heavy (non-hydrogen) atoms. The summed E-state index contributed by atoms with van der Waals surface area (Å²) in [5.41, 5.74) is 0. The molecule has 0 aromatic carbocycles. The fourth-order valence-electron chi connectivity index (χ4n) is 1.87. The zero-order valence-corrected chi connectivity index (χ0v) is 10.1. The normalized spacial score (nSPS) is 25.7. The molecule has 1 rings (SSSR count). The molecule has 2 N–H and O–H groups in total. The average molecular weight is 201 g/mol. The monoisotopic (exact) mass is 201 g/mol. The Labute approximate surface area is 89.1 Å². The first-order valence-electron chi connectivity index (χ1n) is 6.10. The van der Waals surface area contributed by atoms with Gasteiger partial charge in [-0.15, -0.1) is 0 Å². The van der Waals surface area contributed by atoms with Gasteiger partial charge in [-0.25, -0.2) is 0 Å². The molecule has 1 saturated carbocycles. The van der Waals surface area contributed by atoms with Crippen LogP contribution >= 0.6 is 0 Å². The Hall–Kier alpha value is -0.0800. The molecular formula is C12H27NO. The van der Waals surface area contributed by atoms with Gasteiger partial charge in [0.2, 0.25) is 0 Å². The van der Waals surface area contributed by atoms with Gasteiger partial charge >= 0.3 is 0 Å². The zero-order valence-electron chi connectivity index (χ0n) is 10.1. The topological polar surface area (TPSA) is 32.3 Å². The molecule has 1 aliphatic carbocycles. The molecule has 2 nitrogen and oxygen atoms in total. The minimum absolute atomic E-state index is 0.344. The molecule has 0 radical (unpaired) electrons. The quantitative estimate of drug-likeness (QED) is 0.732. The van der Waals surface area contributed by atoms with Crippen LogP contribution in [0.3, 0.4) is 0 Å². The summed E-state index contributed by atoms with van der Waals surface area (Å²) in [5, 5.41) is 11.6. The van der Waals surface area contributed by atoms with Crippen LogP contribution in [0.4, 0.5) is 0 Å². The van der Waals surface area contributed by atoms with Crippen molar-refractivity contribution in [3.63, 3.8) is 0 Å². The van der Waals surface area contributed by atoms with Crippen molar-refractivity contribution < 1.29 is 5.11 Å². The number of unbranched alkanes of at least 4 members (excludes halogenated alkanes) is 1. The molecule has 0 spiro atoms. The van der Waals surface area contributed by atoms with Crippen molar-refractivity contribution in [3.8, 4) is 0 Å². The molecule has 2 unspecified atom stereocenters. The molecule has 0 aromatic heterocycles. The van der Waals surface area contributed by atoms with Crippen LogP contribution in [-0.2, 0) is 0 Å². The SMILES string of the molecule is CCCCO.CCNC1CCCC1C. The van der Waals surface area contributed by atoms with Crippen molar-refractivity contribution in [2.45, 2.75) is 58.9 Å². The summed E-state index contributed by atoms with van der Waals surface area (Å²) in [7, 11) is 0. The first-order chi connectivity index (χ1) is 6.76. The van der Waals surface area contributed by atoms with E-state index in [2.05, 4.69) is 26.1 Å². The molecule has 0 bridgehead atoms. The van der Waals surface area contributed by atoms with Gasteiger partial charge < -0.3 is 10.4 Å². The van der Waals surface area contributed by atoms with Crippen molar-refractivity contribution in [1.29, 1.82) is 0 Å². The zero-order chi connectivity index (χ0) is 10.8. The molecule has 86 valence electrons. The lowest BCUT2D eigenvalue weighted by Crippen LogP contribution is -2.30. The Bertz CT molecular complexity index is 115. The summed E-state index contributed by atoms with van der Waals surface area (Å²) >= 11 is 0.